The summed E-state index contributed by atoms with van der Waals surface area (Å²) in [5, 5.41) is 9.61. The van der Waals surface area contributed by atoms with Gasteiger partial charge >= 0.3 is 6.03 Å². The zero-order valence-corrected chi connectivity index (χ0v) is 13.0. The second-order valence-electron chi connectivity index (χ2n) is 5.40. The lowest BCUT2D eigenvalue weighted by molar-refractivity contribution is 0.235. The first-order chi connectivity index (χ1) is 10.5. The van der Waals surface area contributed by atoms with Gasteiger partial charge in [-0.25, -0.2) is 4.79 Å². The lowest BCUT2D eigenvalue weighted by Crippen LogP contribution is -2.43. The highest BCUT2D eigenvalue weighted by atomic mass is 16.2. The number of carbonyl (C=O) groups is 1. The summed E-state index contributed by atoms with van der Waals surface area (Å²) in [5.41, 5.74) is 2.08. The molecule has 0 aromatic carbocycles. The van der Waals surface area contributed by atoms with Gasteiger partial charge in [0.25, 0.3) is 5.56 Å². The number of nitrogens with zero attached hydrogens (tertiary/aromatic N) is 2. The van der Waals surface area contributed by atoms with Crippen LogP contribution in [0.5, 0.6) is 0 Å². The van der Waals surface area contributed by atoms with Crippen LogP contribution in [-0.4, -0.2) is 26.8 Å². The Morgan fingerprint density at radius 3 is 2.86 bits per heavy atom. The van der Waals surface area contributed by atoms with E-state index < -0.39 is 0 Å². The van der Waals surface area contributed by atoms with Gasteiger partial charge in [-0.3, -0.25) is 9.48 Å². The van der Waals surface area contributed by atoms with Gasteiger partial charge in [0.15, 0.2) is 0 Å². The quantitative estimate of drug-likeness (QED) is 0.771. The first-order valence-corrected chi connectivity index (χ1v) is 7.17. The third-order valence-corrected chi connectivity index (χ3v) is 3.32. The van der Waals surface area contributed by atoms with Crippen molar-refractivity contribution in [3.63, 3.8) is 0 Å². The summed E-state index contributed by atoms with van der Waals surface area (Å²) < 4.78 is 1.75. The summed E-state index contributed by atoms with van der Waals surface area (Å²) in [6.45, 7) is 6.37. The molecular formula is C15H21N5O2. The molecule has 0 aliphatic rings. The molecule has 0 aliphatic heterocycles. The Morgan fingerprint density at radius 2 is 2.23 bits per heavy atom. The molecule has 0 saturated carbocycles. The van der Waals surface area contributed by atoms with E-state index in [4.69, 9.17) is 0 Å². The molecule has 2 heterocycles. The maximum Gasteiger partial charge on any atom is 0.315 e. The third kappa shape index (κ3) is 4.21. The van der Waals surface area contributed by atoms with E-state index >= 15 is 0 Å². The van der Waals surface area contributed by atoms with Crippen LogP contribution in [0.3, 0.4) is 0 Å². The number of H-pyrrole nitrogens is 1. The van der Waals surface area contributed by atoms with Gasteiger partial charge in [-0.05, 0) is 38.5 Å². The van der Waals surface area contributed by atoms with E-state index in [9.17, 15) is 9.59 Å². The molecule has 0 aliphatic carbocycles. The Balaban J connectivity index is 1.86. The predicted octanol–water partition coefficient (Wildman–Crippen LogP) is 1.08. The van der Waals surface area contributed by atoms with E-state index in [-0.39, 0.29) is 24.2 Å². The van der Waals surface area contributed by atoms with E-state index in [0.29, 0.717) is 12.1 Å². The molecule has 7 nitrogen and oxygen atoms in total. The van der Waals surface area contributed by atoms with Gasteiger partial charge in [-0.1, -0.05) is 0 Å². The number of hydrogen-bond donors (Lipinski definition) is 3. The van der Waals surface area contributed by atoms with Crippen molar-refractivity contribution >= 4 is 6.03 Å². The number of hydrogen-bond acceptors (Lipinski definition) is 3. The van der Waals surface area contributed by atoms with Crippen molar-refractivity contribution in [2.45, 2.75) is 39.9 Å². The Labute approximate surface area is 128 Å². The fraction of sp³-hybridized carbons (Fsp3) is 0.400. The van der Waals surface area contributed by atoms with Gasteiger partial charge in [0.1, 0.15) is 0 Å². The Kier molecular flexibility index (Phi) is 4.98. The Morgan fingerprint density at radius 1 is 1.45 bits per heavy atom. The van der Waals surface area contributed by atoms with Crippen molar-refractivity contribution in [1.82, 2.24) is 25.4 Å². The second-order valence-corrected chi connectivity index (χ2v) is 5.40. The monoisotopic (exact) mass is 303 g/mol. The highest BCUT2D eigenvalue weighted by molar-refractivity contribution is 5.74. The number of nitrogens with one attached hydrogen (secondary N) is 3. The van der Waals surface area contributed by atoms with Gasteiger partial charge in [0.05, 0.1) is 13.1 Å². The van der Waals surface area contributed by atoms with Gasteiger partial charge in [-0.2, -0.15) is 5.10 Å². The SMILES string of the molecule is Cc1cc(C)c(CNC(=O)NC(C)Cn2cccn2)c(=O)[nH]1. The molecule has 0 bridgehead atoms. The molecule has 1 atom stereocenters. The van der Waals surface area contributed by atoms with E-state index in [2.05, 4.69) is 20.7 Å². The fourth-order valence-electron chi connectivity index (χ4n) is 2.28. The molecule has 2 amide bonds. The topological polar surface area (TPSA) is 91.8 Å². The lowest BCUT2D eigenvalue weighted by Gasteiger charge is -2.15. The molecule has 22 heavy (non-hydrogen) atoms. The summed E-state index contributed by atoms with van der Waals surface area (Å²) in [4.78, 5) is 26.5. The molecule has 2 aromatic rings. The van der Waals surface area contributed by atoms with Crippen LogP contribution in [-0.2, 0) is 13.1 Å². The maximum atomic E-state index is 11.9. The van der Waals surface area contributed by atoms with Gasteiger partial charge in [0.2, 0.25) is 0 Å². The molecule has 118 valence electrons. The Bertz CT molecular complexity index is 690. The van der Waals surface area contributed by atoms with Crippen molar-refractivity contribution in [3.8, 4) is 0 Å². The number of pyridine rings is 1. The number of aromatic amines is 1. The molecule has 1 unspecified atom stereocenters. The van der Waals surface area contributed by atoms with Gasteiger partial charge < -0.3 is 15.6 Å². The Hall–Kier alpha value is -2.57. The first kappa shape index (κ1) is 15.8. The first-order valence-electron chi connectivity index (χ1n) is 7.17. The highest BCUT2D eigenvalue weighted by Crippen LogP contribution is 2.02. The summed E-state index contributed by atoms with van der Waals surface area (Å²) in [6, 6.07) is 3.34. The van der Waals surface area contributed by atoms with Crippen LogP contribution in [0.25, 0.3) is 0 Å². The second kappa shape index (κ2) is 6.93. The van der Waals surface area contributed by atoms with E-state index in [1.165, 1.54) is 0 Å². The third-order valence-electron chi connectivity index (χ3n) is 3.32. The molecule has 2 rings (SSSR count). The lowest BCUT2D eigenvalue weighted by atomic mass is 10.1. The molecule has 0 spiro atoms. The largest absolute Gasteiger partial charge is 0.334 e. The van der Waals surface area contributed by atoms with Crippen LogP contribution in [0.1, 0.15) is 23.7 Å². The zero-order chi connectivity index (χ0) is 16.1. The minimum absolute atomic E-state index is 0.0719. The minimum atomic E-state index is -0.306. The minimum Gasteiger partial charge on any atom is -0.334 e. The van der Waals surface area contributed by atoms with Crippen molar-refractivity contribution in [3.05, 3.63) is 51.7 Å². The van der Waals surface area contributed by atoms with Gasteiger partial charge in [-0.15, -0.1) is 0 Å². The summed E-state index contributed by atoms with van der Waals surface area (Å²) in [5.74, 6) is 0. The number of rotatable bonds is 5. The van der Waals surface area contributed by atoms with Gasteiger partial charge in [0, 0.05) is 29.7 Å². The number of carbonyl (C=O) groups excluding carboxylic acids is 1. The molecule has 3 N–H and O–H groups in total. The smallest absolute Gasteiger partial charge is 0.315 e. The number of aromatic nitrogens is 3. The van der Waals surface area contributed by atoms with E-state index in [0.717, 1.165) is 11.3 Å². The predicted molar refractivity (Wildman–Crippen MR) is 83.6 cm³/mol. The average molecular weight is 303 g/mol. The van der Waals surface area contributed by atoms with Crippen molar-refractivity contribution in [2.75, 3.05) is 0 Å². The molecule has 7 heteroatoms. The molecule has 0 saturated heterocycles. The maximum absolute atomic E-state index is 11.9. The summed E-state index contributed by atoms with van der Waals surface area (Å²) in [7, 11) is 0. The zero-order valence-electron chi connectivity index (χ0n) is 13.0. The van der Waals surface area contributed by atoms with Crippen LogP contribution in [0.15, 0.2) is 29.3 Å². The molecule has 0 radical (unpaired) electrons. The average Bonchev–Trinajstić information content (AvgIpc) is 2.89. The number of aryl methyl sites for hydroxylation is 2. The van der Waals surface area contributed by atoms with E-state index in [1.807, 2.05) is 39.1 Å². The highest BCUT2D eigenvalue weighted by Gasteiger charge is 2.10. The van der Waals surface area contributed by atoms with Crippen molar-refractivity contribution in [1.29, 1.82) is 0 Å². The van der Waals surface area contributed by atoms with E-state index in [1.54, 1.807) is 10.9 Å². The van der Waals surface area contributed by atoms with Crippen LogP contribution >= 0.6 is 0 Å². The standard InChI is InChI=1S/C15H21N5O2/c1-10-7-11(2)18-14(21)13(10)8-16-15(22)19-12(3)9-20-6-4-5-17-20/h4-7,12H,8-9H2,1-3H3,(H,18,21)(H2,16,19,22). The normalized spacial score (nSPS) is 12.0. The fourth-order valence-corrected chi connectivity index (χ4v) is 2.28. The summed E-state index contributed by atoms with van der Waals surface area (Å²) in [6.07, 6.45) is 3.53. The molecular weight excluding hydrogens is 282 g/mol. The molecule has 0 fully saturated rings. The van der Waals surface area contributed by atoms with Crippen LogP contribution in [0.4, 0.5) is 4.79 Å². The number of amides is 2. The van der Waals surface area contributed by atoms with Crippen LogP contribution in [0, 0.1) is 13.8 Å². The van der Waals surface area contributed by atoms with Crippen LogP contribution in [0.2, 0.25) is 0 Å². The van der Waals surface area contributed by atoms with Crippen molar-refractivity contribution < 1.29 is 4.79 Å². The summed E-state index contributed by atoms with van der Waals surface area (Å²) >= 11 is 0. The molecule has 2 aromatic heterocycles. The van der Waals surface area contributed by atoms with Crippen molar-refractivity contribution in [2.24, 2.45) is 0 Å². The number of urea groups is 1. The van der Waals surface area contributed by atoms with Crippen LogP contribution < -0.4 is 16.2 Å².